The molecule has 1 aromatic rings. The molecule has 1 fully saturated rings. The van der Waals surface area contributed by atoms with Gasteiger partial charge in [-0.1, -0.05) is 52.9 Å². The molecule has 0 bridgehead atoms. The molecule has 0 radical (unpaired) electrons. The fourth-order valence-corrected chi connectivity index (χ4v) is 3.92. The molecule has 0 spiro atoms. The van der Waals surface area contributed by atoms with Crippen molar-refractivity contribution in [1.29, 1.82) is 0 Å². The molecule has 3 nitrogen and oxygen atoms in total. The highest BCUT2D eigenvalue weighted by Gasteiger charge is 2.74. The highest BCUT2D eigenvalue weighted by Crippen LogP contribution is 2.53. The van der Waals surface area contributed by atoms with Crippen molar-refractivity contribution >= 4 is 28.5 Å². The standard InChI is InChI=1S/C17H17F7INO2/c1-14(10-25)12(7-15(18,16(19,20)21)17(22,23)24)8-26(13(14)27)28-9-11-5-3-2-4-6-11/h2-6,12H,7-10H2,1H3/t12-,14-/m0/s1. The van der Waals surface area contributed by atoms with Crippen LogP contribution in [0, 0.1) is 11.3 Å². The van der Waals surface area contributed by atoms with E-state index in [1.807, 2.05) is 0 Å². The number of benzene rings is 1. The van der Waals surface area contributed by atoms with Gasteiger partial charge in [0.15, 0.2) is 0 Å². The van der Waals surface area contributed by atoms with Crippen LogP contribution in [0.2, 0.25) is 0 Å². The van der Waals surface area contributed by atoms with E-state index >= 15 is 0 Å². The minimum absolute atomic E-state index is 0.0920. The Morgan fingerprint density at radius 3 is 2.11 bits per heavy atom. The van der Waals surface area contributed by atoms with Gasteiger partial charge in [-0.3, -0.25) is 9.63 Å². The van der Waals surface area contributed by atoms with Crippen molar-refractivity contribution in [3.63, 3.8) is 0 Å². The van der Waals surface area contributed by atoms with E-state index in [0.717, 1.165) is 5.06 Å². The maximum atomic E-state index is 14.2. The van der Waals surface area contributed by atoms with Crippen LogP contribution in [0.1, 0.15) is 18.9 Å². The minimum Gasteiger partial charge on any atom is -0.272 e. The van der Waals surface area contributed by atoms with Gasteiger partial charge < -0.3 is 0 Å². The largest absolute Gasteiger partial charge is 0.431 e. The molecule has 0 N–H and O–H groups in total. The maximum Gasteiger partial charge on any atom is 0.431 e. The number of amides is 1. The molecule has 1 aliphatic rings. The van der Waals surface area contributed by atoms with E-state index in [0.29, 0.717) is 5.56 Å². The van der Waals surface area contributed by atoms with Crippen LogP contribution in [-0.2, 0) is 16.2 Å². The molecule has 0 saturated carbocycles. The quantitative estimate of drug-likeness (QED) is 0.288. The van der Waals surface area contributed by atoms with Crippen molar-refractivity contribution < 1.29 is 40.4 Å². The fraction of sp³-hybridized carbons (Fsp3) is 0.588. The summed E-state index contributed by atoms with van der Waals surface area (Å²) in [5.41, 5.74) is -6.38. The molecule has 1 aliphatic heterocycles. The first-order valence-electron chi connectivity index (χ1n) is 8.13. The fourth-order valence-electron chi connectivity index (χ4n) is 2.97. The molecule has 2 rings (SSSR count). The Balaban J connectivity index is 2.24. The van der Waals surface area contributed by atoms with E-state index in [2.05, 4.69) is 0 Å². The Hall–Kier alpha value is -1.11. The first-order valence-corrected chi connectivity index (χ1v) is 9.66. The number of alkyl halides is 8. The van der Waals surface area contributed by atoms with Gasteiger partial charge in [-0.15, -0.1) is 0 Å². The topological polar surface area (TPSA) is 29.5 Å². The zero-order valence-electron chi connectivity index (χ0n) is 14.6. The number of carbonyl (C=O) groups is 1. The molecule has 28 heavy (non-hydrogen) atoms. The lowest BCUT2D eigenvalue weighted by Crippen LogP contribution is -2.55. The number of hydrogen-bond donors (Lipinski definition) is 0. The van der Waals surface area contributed by atoms with Crippen molar-refractivity contribution in [3.05, 3.63) is 35.9 Å². The lowest BCUT2D eigenvalue weighted by atomic mass is 9.75. The van der Waals surface area contributed by atoms with Gasteiger partial charge in [0.2, 0.25) is 0 Å². The van der Waals surface area contributed by atoms with E-state index < -0.39 is 48.2 Å². The Labute approximate surface area is 170 Å². The van der Waals surface area contributed by atoms with Crippen molar-refractivity contribution in [3.8, 4) is 0 Å². The Kier molecular flexibility index (Phi) is 6.59. The summed E-state index contributed by atoms with van der Waals surface area (Å²) in [4.78, 5) is 17.9. The summed E-state index contributed by atoms with van der Waals surface area (Å²) in [6.45, 7) is 0.560. The van der Waals surface area contributed by atoms with Crippen molar-refractivity contribution in [2.75, 3.05) is 11.0 Å². The Morgan fingerprint density at radius 2 is 1.64 bits per heavy atom. The van der Waals surface area contributed by atoms with Gasteiger partial charge in [-0.25, -0.2) is 9.45 Å². The summed E-state index contributed by atoms with van der Waals surface area (Å²) in [5, 5.41) is 0.740. The third-order valence-electron chi connectivity index (χ3n) is 4.94. The van der Waals surface area contributed by atoms with Gasteiger partial charge in [0, 0.05) is 10.8 Å². The average molecular weight is 527 g/mol. The lowest BCUT2D eigenvalue weighted by molar-refractivity contribution is -0.347. The Bertz CT molecular complexity index is 681. The average Bonchev–Trinajstić information content (AvgIpc) is 2.84. The smallest absolute Gasteiger partial charge is 0.272 e. The predicted molar refractivity (Wildman–Crippen MR) is 94.0 cm³/mol. The number of rotatable bonds is 6. The van der Waals surface area contributed by atoms with E-state index in [1.165, 1.54) is 6.92 Å². The number of nitrogens with zero attached hydrogens (tertiary/aromatic N) is 1. The van der Waals surface area contributed by atoms with Crippen LogP contribution in [0.25, 0.3) is 0 Å². The van der Waals surface area contributed by atoms with Gasteiger partial charge in [0.1, 0.15) is 6.61 Å². The van der Waals surface area contributed by atoms with Crippen LogP contribution in [-0.4, -0.2) is 40.0 Å². The second-order valence-corrected chi connectivity index (χ2v) is 7.64. The molecular weight excluding hydrogens is 510 g/mol. The molecule has 1 saturated heterocycles. The van der Waals surface area contributed by atoms with Crippen LogP contribution in [0.4, 0.5) is 30.7 Å². The van der Waals surface area contributed by atoms with Crippen LogP contribution in [0.5, 0.6) is 0 Å². The van der Waals surface area contributed by atoms with Crippen molar-refractivity contribution in [2.24, 2.45) is 11.3 Å². The summed E-state index contributed by atoms with van der Waals surface area (Å²) < 4.78 is 91.8. The number of halogens is 8. The molecule has 0 unspecified atom stereocenters. The van der Waals surface area contributed by atoms with Gasteiger partial charge in [-0.05, 0) is 18.4 Å². The zero-order valence-corrected chi connectivity index (χ0v) is 16.7. The second-order valence-electron chi connectivity index (χ2n) is 6.87. The summed E-state index contributed by atoms with van der Waals surface area (Å²) in [5.74, 6) is -2.31. The van der Waals surface area contributed by atoms with E-state index in [-0.39, 0.29) is 11.0 Å². The van der Waals surface area contributed by atoms with Crippen molar-refractivity contribution in [1.82, 2.24) is 5.06 Å². The number of carbonyl (C=O) groups excluding carboxylic acids is 1. The predicted octanol–water partition coefficient (Wildman–Crippen LogP) is 5.24. The molecule has 1 aromatic carbocycles. The van der Waals surface area contributed by atoms with Crippen LogP contribution in [0.15, 0.2) is 30.3 Å². The van der Waals surface area contributed by atoms with Gasteiger partial charge >= 0.3 is 12.4 Å². The van der Waals surface area contributed by atoms with Gasteiger partial charge in [0.05, 0.1) is 12.0 Å². The third-order valence-corrected chi connectivity index (χ3v) is 6.52. The van der Waals surface area contributed by atoms with Crippen LogP contribution < -0.4 is 0 Å². The molecule has 1 heterocycles. The highest BCUT2D eigenvalue weighted by atomic mass is 127. The molecular formula is C17H17F7INO2. The first-order chi connectivity index (χ1) is 12.8. The molecule has 0 aliphatic carbocycles. The molecule has 158 valence electrons. The molecule has 0 aromatic heterocycles. The molecule has 11 heteroatoms. The van der Waals surface area contributed by atoms with Gasteiger partial charge in [-0.2, -0.15) is 26.3 Å². The lowest BCUT2D eigenvalue weighted by Gasteiger charge is -2.35. The van der Waals surface area contributed by atoms with E-state index in [1.54, 1.807) is 52.9 Å². The van der Waals surface area contributed by atoms with Crippen LogP contribution >= 0.6 is 22.6 Å². The SMILES string of the molecule is C[C@@]1(CI)C(=O)N(OCc2ccccc2)C[C@@H]1CC(F)(C(F)(F)F)C(F)(F)F. The molecule has 1 amide bonds. The summed E-state index contributed by atoms with van der Waals surface area (Å²) in [6, 6.07) is 8.49. The van der Waals surface area contributed by atoms with E-state index in [9.17, 15) is 35.5 Å². The van der Waals surface area contributed by atoms with E-state index in [4.69, 9.17) is 4.84 Å². The first kappa shape index (κ1) is 23.2. The zero-order chi connectivity index (χ0) is 21.4. The van der Waals surface area contributed by atoms with Crippen molar-refractivity contribution in [2.45, 2.75) is 38.0 Å². The highest BCUT2D eigenvalue weighted by molar-refractivity contribution is 14.1. The normalized spacial score (nSPS) is 24.1. The summed E-state index contributed by atoms with van der Waals surface area (Å²) in [7, 11) is 0. The van der Waals surface area contributed by atoms with Crippen LogP contribution in [0.3, 0.4) is 0 Å². The summed E-state index contributed by atoms with van der Waals surface area (Å²) in [6.07, 6.45) is -14.2. The monoisotopic (exact) mass is 527 g/mol. The third kappa shape index (κ3) is 4.24. The molecule has 2 atom stereocenters. The van der Waals surface area contributed by atoms with Gasteiger partial charge in [0.25, 0.3) is 11.6 Å². The second kappa shape index (κ2) is 7.96. The summed E-state index contributed by atoms with van der Waals surface area (Å²) >= 11 is 1.69. The number of hydrogen-bond acceptors (Lipinski definition) is 2. The minimum atomic E-state index is -6.15. The maximum absolute atomic E-state index is 14.2. The number of hydroxylamine groups is 2. The Morgan fingerprint density at radius 1 is 1.11 bits per heavy atom.